The van der Waals surface area contributed by atoms with Gasteiger partial charge in [0.05, 0.1) is 5.69 Å². The van der Waals surface area contributed by atoms with E-state index in [0.717, 1.165) is 11.6 Å². The third-order valence-electron chi connectivity index (χ3n) is 4.86. The van der Waals surface area contributed by atoms with E-state index in [9.17, 15) is 0 Å². The fraction of sp³-hybridized carbons (Fsp3) is 0.800. The largest absolute Gasteiger partial charge is 0.328 e. The lowest BCUT2D eigenvalue weighted by atomic mass is 9.94. The maximum atomic E-state index is 6.36. The van der Waals surface area contributed by atoms with Gasteiger partial charge in [0.25, 0.3) is 0 Å². The van der Waals surface area contributed by atoms with Crippen molar-refractivity contribution in [1.82, 2.24) is 14.5 Å². The van der Waals surface area contributed by atoms with Crippen LogP contribution in [-0.4, -0.2) is 34.1 Å². The van der Waals surface area contributed by atoms with E-state index in [2.05, 4.69) is 23.3 Å². The van der Waals surface area contributed by atoms with Crippen molar-refractivity contribution in [3.05, 3.63) is 16.7 Å². The minimum absolute atomic E-state index is 0.572. The van der Waals surface area contributed by atoms with Crippen molar-refractivity contribution in [3.63, 3.8) is 0 Å². The Labute approximate surface area is 121 Å². The number of hydrogen-bond donors (Lipinski definition) is 0. The van der Waals surface area contributed by atoms with Gasteiger partial charge in [0, 0.05) is 12.0 Å². The number of aromatic nitrogens is 2. The fourth-order valence-electron chi connectivity index (χ4n) is 3.66. The van der Waals surface area contributed by atoms with Gasteiger partial charge in [0.15, 0.2) is 5.15 Å². The van der Waals surface area contributed by atoms with Crippen LogP contribution in [0, 0.1) is 0 Å². The SMILES string of the molecule is CCN1CCC(c2nc(Cl)c3n2C(C)CCC3)CC1. The lowest BCUT2D eigenvalue weighted by molar-refractivity contribution is 0.215. The van der Waals surface area contributed by atoms with Gasteiger partial charge < -0.3 is 9.47 Å². The quantitative estimate of drug-likeness (QED) is 0.825. The first kappa shape index (κ1) is 13.4. The smallest absolute Gasteiger partial charge is 0.150 e. The van der Waals surface area contributed by atoms with E-state index in [-0.39, 0.29) is 0 Å². The van der Waals surface area contributed by atoms with Gasteiger partial charge in [-0.3, -0.25) is 0 Å². The van der Waals surface area contributed by atoms with Crippen molar-refractivity contribution in [3.8, 4) is 0 Å². The van der Waals surface area contributed by atoms with Crippen LogP contribution in [0.25, 0.3) is 0 Å². The van der Waals surface area contributed by atoms with Gasteiger partial charge in [-0.1, -0.05) is 18.5 Å². The second-order valence-corrected chi connectivity index (χ2v) is 6.39. The number of fused-ring (bicyclic) bond motifs is 1. The molecule has 0 bridgehead atoms. The molecule has 1 unspecified atom stereocenters. The Morgan fingerprint density at radius 3 is 2.68 bits per heavy atom. The zero-order valence-corrected chi connectivity index (χ0v) is 12.8. The number of rotatable bonds is 2. The van der Waals surface area contributed by atoms with Crippen LogP contribution in [0.4, 0.5) is 0 Å². The van der Waals surface area contributed by atoms with Crippen LogP contribution in [0.15, 0.2) is 0 Å². The maximum Gasteiger partial charge on any atom is 0.150 e. The summed E-state index contributed by atoms with van der Waals surface area (Å²) in [6, 6.07) is 0.572. The van der Waals surface area contributed by atoms with Gasteiger partial charge >= 0.3 is 0 Å². The number of nitrogens with zero attached hydrogens (tertiary/aromatic N) is 3. The van der Waals surface area contributed by atoms with Crippen LogP contribution in [0.5, 0.6) is 0 Å². The average Bonchev–Trinajstić information content (AvgIpc) is 2.78. The molecule has 1 atom stereocenters. The third kappa shape index (κ3) is 2.43. The summed E-state index contributed by atoms with van der Waals surface area (Å²) in [5.41, 5.74) is 1.29. The Bertz CT molecular complexity index is 446. The molecule has 0 amide bonds. The van der Waals surface area contributed by atoms with Crippen LogP contribution in [-0.2, 0) is 6.42 Å². The molecular weight excluding hydrogens is 258 g/mol. The summed E-state index contributed by atoms with van der Waals surface area (Å²) >= 11 is 6.36. The van der Waals surface area contributed by atoms with Gasteiger partial charge in [0.1, 0.15) is 5.82 Å². The predicted molar refractivity (Wildman–Crippen MR) is 79.0 cm³/mol. The molecule has 1 fully saturated rings. The molecule has 3 rings (SSSR count). The summed E-state index contributed by atoms with van der Waals surface area (Å²) in [6.45, 7) is 8.14. The summed E-state index contributed by atoms with van der Waals surface area (Å²) in [5, 5.41) is 0.763. The highest BCUT2D eigenvalue weighted by Gasteiger charge is 2.29. The molecule has 106 valence electrons. The van der Waals surface area contributed by atoms with Gasteiger partial charge in [-0.15, -0.1) is 0 Å². The molecule has 0 spiro atoms. The van der Waals surface area contributed by atoms with Crippen molar-refractivity contribution >= 4 is 11.6 Å². The summed E-state index contributed by atoms with van der Waals surface area (Å²) in [6.07, 6.45) is 6.07. The number of hydrogen-bond acceptors (Lipinski definition) is 2. The minimum atomic E-state index is 0.572. The molecule has 19 heavy (non-hydrogen) atoms. The van der Waals surface area contributed by atoms with Crippen molar-refractivity contribution in [1.29, 1.82) is 0 Å². The van der Waals surface area contributed by atoms with E-state index in [1.165, 1.54) is 56.8 Å². The normalized spacial score (nSPS) is 25.5. The third-order valence-corrected chi connectivity index (χ3v) is 5.17. The van der Waals surface area contributed by atoms with E-state index in [1.807, 2.05) is 0 Å². The molecule has 0 saturated carbocycles. The van der Waals surface area contributed by atoms with Gasteiger partial charge in [0.2, 0.25) is 0 Å². The zero-order chi connectivity index (χ0) is 13.4. The zero-order valence-electron chi connectivity index (χ0n) is 12.0. The first-order valence-corrected chi connectivity index (χ1v) is 8.07. The Morgan fingerprint density at radius 1 is 1.26 bits per heavy atom. The molecule has 0 aliphatic carbocycles. The first-order valence-electron chi connectivity index (χ1n) is 7.69. The summed E-state index contributed by atoms with van der Waals surface area (Å²) in [4.78, 5) is 7.26. The van der Waals surface area contributed by atoms with E-state index in [4.69, 9.17) is 16.6 Å². The highest BCUT2D eigenvalue weighted by molar-refractivity contribution is 6.30. The number of halogens is 1. The second kappa shape index (κ2) is 5.45. The second-order valence-electron chi connectivity index (χ2n) is 6.03. The maximum absolute atomic E-state index is 6.36. The molecular formula is C15H24ClN3. The minimum Gasteiger partial charge on any atom is -0.328 e. The van der Waals surface area contributed by atoms with Gasteiger partial charge in [-0.2, -0.15) is 0 Å². The van der Waals surface area contributed by atoms with E-state index in [1.54, 1.807) is 0 Å². The molecule has 0 radical (unpaired) electrons. The highest BCUT2D eigenvalue weighted by Crippen LogP contribution is 2.36. The first-order chi connectivity index (χ1) is 9.20. The average molecular weight is 282 g/mol. The van der Waals surface area contributed by atoms with Crippen molar-refractivity contribution in [2.75, 3.05) is 19.6 Å². The Kier molecular flexibility index (Phi) is 3.86. The standard InChI is InChI=1S/C15H24ClN3/c1-3-18-9-7-12(8-10-18)15-17-14(16)13-6-4-5-11(2)19(13)15/h11-12H,3-10H2,1-2H3. The van der Waals surface area contributed by atoms with E-state index in [0.29, 0.717) is 12.0 Å². The number of likely N-dealkylation sites (tertiary alicyclic amines) is 1. The summed E-state index contributed by atoms with van der Waals surface area (Å²) in [7, 11) is 0. The molecule has 3 nitrogen and oxygen atoms in total. The predicted octanol–water partition coefficient (Wildman–Crippen LogP) is 3.63. The van der Waals surface area contributed by atoms with Gasteiger partial charge in [-0.25, -0.2) is 4.98 Å². The Hall–Kier alpha value is -0.540. The molecule has 0 aromatic carbocycles. The summed E-state index contributed by atoms with van der Waals surface area (Å²) < 4.78 is 2.46. The highest BCUT2D eigenvalue weighted by atomic mass is 35.5. The van der Waals surface area contributed by atoms with E-state index >= 15 is 0 Å². The van der Waals surface area contributed by atoms with Crippen LogP contribution in [0.1, 0.15) is 63.0 Å². The summed E-state index contributed by atoms with van der Waals surface area (Å²) in [5.74, 6) is 1.87. The topological polar surface area (TPSA) is 21.1 Å². The van der Waals surface area contributed by atoms with Crippen LogP contribution in [0.3, 0.4) is 0 Å². The van der Waals surface area contributed by atoms with Crippen LogP contribution in [0.2, 0.25) is 5.15 Å². The fourth-order valence-corrected chi connectivity index (χ4v) is 3.93. The van der Waals surface area contributed by atoms with E-state index < -0.39 is 0 Å². The van der Waals surface area contributed by atoms with Crippen molar-refractivity contribution < 1.29 is 0 Å². The number of piperidine rings is 1. The monoisotopic (exact) mass is 281 g/mol. The molecule has 1 aromatic heterocycles. The molecule has 2 aliphatic heterocycles. The van der Waals surface area contributed by atoms with Gasteiger partial charge in [-0.05, 0) is 58.7 Å². The lowest BCUT2D eigenvalue weighted by Crippen LogP contribution is -2.33. The number of imidazole rings is 1. The molecule has 1 aromatic rings. The molecule has 2 aliphatic rings. The van der Waals surface area contributed by atoms with Crippen LogP contribution < -0.4 is 0 Å². The van der Waals surface area contributed by atoms with Crippen LogP contribution >= 0.6 is 11.6 Å². The Morgan fingerprint density at radius 2 is 2.00 bits per heavy atom. The molecule has 1 saturated heterocycles. The molecule has 4 heteroatoms. The van der Waals surface area contributed by atoms with Crippen molar-refractivity contribution in [2.24, 2.45) is 0 Å². The lowest BCUT2D eigenvalue weighted by Gasteiger charge is -2.33. The van der Waals surface area contributed by atoms with Crippen molar-refractivity contribution in [2.45, 2.75) is 57.9 Å². The Balaban J connectivity index is 1.85. The molecule has 3 heterocycles. The molecule has 0 N–H and O–H groups in total.